The Bertz CT molecular complexity index is 583. The zero-order valence-corrected chi connectivity index (χ0v) is 10.6. The van der Waals surface area contributed by atoms with Crippen molar-refractivity contribution in [1.82, 2.24) is 19.9 Å². The molecule has 0 aliphatic heterocycles. The fourth-order valence-corrected chi connectivity index (χ4v) is 2.13. The van der Waals surface area contributed by atoms with Crippen LogP contribution in [-0.4, -0.2) is 31.0 Å². The fourth-order valence-electron chi connectivity index (χ4n) is 1.33. The van der Waals surface area contributed by atoms with Crippen LogP contribution in [0.5, 0.6) is 0 Å². The van der Waals surface area contributed by atoms with Gasteiger partial charge in [-0.3, -0.25) is 0 Å². The first-order valence-electron chi connectivity index (χ1n) is 5.11. The van der Waals surface area contributed by atoms with Gasteiger partial charge in [-0.2, -0.15) is 0 Å². The molecule has 0 aliphatic rings. The minimum absolute atomic E-state index is 0.0446. The van der Waals surface area contributed by atoms with Crippen molar-refractivity contribution in [3.63, 3.8) is 0 Å². The number of carbonyl (C=O) groups is 1. The Morgan fingerprint density at radius 1 is 1.17 bits per heavy atom. The van der Waals surface area contributed by atoms with Gasteiger partial charge in [-0.25, -0.2) is 24.7 Å². The summed E-state index contributed by atoms with van der Waals surface area (Å²) in [6.45, 7) is 3.74. The lowest BCUT2D eigenvalue weighted by molar-refractivity contribution is 0.0689. The van der Waals surface area contributed by atoms with Crippen LogP contribution in [0.2, 0.25) is 0 Å². The second-order valence-electron chi connectivity index (χ2n) is 3.56. The molecule has 2 aromatic rings. The Morgan fingerprint density at radius 3 is 2.44 bits per heavy atom. The third kappa shape index (κ3) is 3.01. The van der Waals surface area contributed by atoms with E-state index in [1.165, 1.54) is 12.3 Å². The van der Waals surface area contributed by atoms with E-state index in [9.17, 15) is 4.79 Å². The Kier molecular flexibility index (Phi) is 3.52. The largest absolute Gasteiger partial charge is 0.477 e. The van der Waals surface area contributed by atoms with Gasteiger partial charge in [0.2, 0.25) is 0 Å². The van der Waals surface area contributed by atoms with Gasteiger partial charge in [0.25, 0.3) is 0 Å². The fraction of sp³-hybridized carbons (Fsp3) is 0.182. The predicted molar refractivity (Wildman–Crippen MR) is 64.6 cm³/mol. The van der Waals surface area contributed by atoms with Crippen LogP contribution in [0.25, 0.3) is 0 Å². The summed E-state index contributed by atoms with van der Waals surface area (Å²) in [6, 6.07) is 3.20. The number of aromatic carboxylic acids is 1. The number of hydrogen-bond donors (Lipinski definition) is 1. The SMILES string of the molecule is Cc1cc(C)nc(Sc2nccc(C(=O)O)n2)n1. The molecule has 2 heterocycles. The minimum atomic E-state index is -1.08. The standard InChI is InChI=1S/C11H10N4O2S/c1-6-5-7(2)14-11(13-6)18-10-12-4-3-8(15-10)9(16)17/h3-5H,1-2H3,(H,16,17). The average molecular weight is 262 g/mol. The Hall–Kier alpha value is -2.02. The number of carboxylic acid groups (broad SMARTS) is 1. The van der Waals surface area contributed by atoms with Gasteiger partial charge >= 0.3 is 5.97 Å². The third-order valence-electron chi connectivity index (χ3n) is 2.00. The lowest BCUT2D eigenvalue weighted by atomic mass is 10.4. The summed E-state index contributed by atoms with van der Waals surface area (Å²) < 4.78 is 0. The van der Waals surface area contributed by atoms with E-state index in [-0.39, 0.29) is 5.69 Å². The quantitative estimate of drug-likeness (QED) is 0.842. The van der Waals surface area contributed by atoms with E-state index >= 15 is 0 Å². The molecule has 7 heteroatoms. The molecule has 0 spiro atoms. The van der Waals surface area contributed by atoms with Crippen LogP contribution < -0.4 is 0 Å². The summed E-state index contributed by atoms with van der Waals surface area (Å²) in [5.74, 6) is -1.08. The maximum atomic E-state index is 10.8. The molecule has 2 rings (SSSR count). The molecule has 0 amide bonds. The topological polar surface area (TPSA) is 88.9 Å². The van der Waals surface area contributed by atoms with Gasteiger partial charge in [0.1, 0.15) is 0 Å². The van der Waals surface area contributed by atoms with E-state index < -0.39 is 5.97 Å². The summed E-state index contributed by atoms with van der Waals surface area (Å²) in [5.41, 5.74) is 1.65. The Labute approximate surface area is 108 Å². The number of aromatic nitrogens is 4. The first-order valence-corrected chi connectivity index (χ1v) is 5.93. The summed E-state index contributed by atoms with van der Waals surface area (Å²) in [5, 5.41) is 9.66. The first kappa shape index (κ1) is 12.4. The lowest BCUT2D eigenvalue weighted by Gasteiger charge is -2.02. The monoisotopic (exact) mass is 262 g/mol. The molecule has 6 nitrogen and oxygen atoms in total. The van der Waals surface area contributed by atoms with E-state index in [1.54, 1.807) is 0 Å². The van der Waals surface area contributed by atoms with Crippen molar-refractivity contribution in [3.05, 3.63) is 35.4 Å². The van der Waals surface area contributed by atoms with E-state index in [0.717, 1.165) is 23.1 Å². The molecule has 0 atom stereocenters. The van der Waals surface area contributed by atoms with Gasteiger partial charge in [-0.1, -0.05) is 0 Å². The minimum Gasteiger partial charge on any atom is -0.477 e. The highest BCUT2D eigenvalue weighted by Crippen LogP contribution is 2.21. The molecule has 0 saturated heterocycles. The van der Waals surface area contributed by atoms with Crippen molar-refractivity contribution in [2.75, 3.05) is 0 Å². The van der Waals surface area contributed by atoms with Crippen molar-refractivity contribution in [1.29, 1.82) is 0 Å². The molecule has 18 heavy (non-hydrogen) atoms. The first-order chi connectivity index (χ1) is 8.54. The zero-order valence-electron chi connectivity index (χ0n) is 9.78. The average Bonchev–Trinajstić information content (AvgIpc) is 2.27. The molecule has 0 bridgehead atoms. The van der Waals surface area contributed by atoms with Crippen LogP contribution in [0, 0.1) is 13.8 Å². The van der Waals surface area contributed by atoms with Gasteiger partial charge in [-0.05, 0) is 37.7 Å². The van der Waals surface area contributed by atoms with Gasteiger partial charge in [-0.15, -0.1) is 0 Å². The predicted octanol–water partition coefficient (Wildman–Crippen LogP) is 1.73. The number of nitrogens with zero attached hydrogens (tertiary/aromatic N) is 4. The molecule has 92 valence electrons. The normalized spacial score (nSPS) is 10.3. The van der Waals surface area contributed by atoms with Crippen molar-refractivity contribution in [2.45, 2.75) is 24.2 Å². The van der Waals surface area contributed by atoms with Crippen LogP contribution in [0.4, 0.5) is 0 Å². The zero-order chi connectivity index (χ0) is 13.1. The molecule has 0 saturated carbocycles. The van der Waals surface area contributed by atoms with Crippen molar-refractivity contribution < 1.29 is 9.90 Å². The van der Waals surface area contributed by atoms with Crippen LogP contribution in [0.1, 0.15) is 21.9 Å². The van der Waals surface area contributed by atoms with E-state index in [2.05, 4.69) is 19.9 Å². The molecule has 0 aliphatic carbocycles. The molecule has 1 N–H and O–H groups in total. The maximum Gasteiger partial charge on any atom is 0.354 e. The van der Waals surface area contributed by atoms with Gasteiger partial charge < -0.3 is 5.11 Å². The van der Waals surface area contributed by atoms with Gasteiger partial charge in [0.15, 0.2) is 16.0 Å². The number of rotatable bonds is 3. The van der Waals surface area contributed by atoms with Crippen LogP contribution in [-0.2, 0) is 0 Å². The molecule has 2 aromatic heterocycles. The smallest absolute Gasteiger partial charge is 0.354 e. The Morgan fingerprint density at radius 2 is 1.83 bits per heavy atom. The van der Waals surface area contributed by atoms with Crippen molar-refractivity contribution in [2.24, 2.45) is 0 Å². The van der Waals surface area contributed by atoms with E-state index in [1.807, 2.05) is 19.9 Å². The summed E-state index contributed by atoms with van der Waals surface area (Å²) in [6.07, 6.45) is 1.40. The Balaban J connectivity index is 2.28. The number of carboxylic acids is 1. The lowest BCUT2D eigenvalue weighted by Crippen LogP contribution is -2.02. The maximum absolute atomic E-state index is 10.8. The highest BCUT2D eigenvalue weighted by molar-refractivity contribution is 7.99. The molecule has 0 unspecified atom stereocenters. The summed E-state index contributed by atoms with van der Waals surface area (Å²) in [4.78, 5) is 27.1. The van der Waals surface area contributed by atoms with E-state index in [0.29, 0.717) is 10.3 Å². The number of hydrogen-bond acceptors (Lipinski definition) is 6. The highest BCUT2D eigenvalue weighted by atomic mass is 32.2. The third-order valence-corrected chi connectivity index (χ3v) is 2.74. The van der Waals surface area contributed by atoms with Crippen molar-refractivity contribution in [3.8, 4) is 0 Å². The molecule has 0 fully saturated rings. The van der Waals surface area contributed by atoms with E-state index in [4.69, 9.17) is 5.11 Å². The van der Waals surface area contributed by atoms with Gasteiger partial charge in [0.05, 0.1) is 0 Å². The van der Waals surface area contributed by atoms with Crippen molar-refractivity contribution >= 4 is 17.7 Å². The molecule has 0 radical (unpaired) electrons. The van der Waals surface area contributed by atoms with Crippen LogP contribution >= 0.6 is 11.8 Å². The summed E-state index contributed by atoms with van der Waals surface area (Å²) >= 11 is 1.14. The second-order valence-corrected chi connectivity index (χ2v) is 4.50. The second kappa shape index (κ2) is 5.09. The molecular formula is C11H10N4O2S. The van der Waals surface area contributed by atoms with Crippen LogP contribution in [0.3, 0.4) is 0 Å². The molecular weight excluding hydrogens is 252 g/mol. The number of aryl methyl sites for hydroxylation is 2. The molecule has 0 aromatic carbocycles. The van der Waals surface area contributed by atoms with Gasteiger partial charge in [0, 0.05) is 17.6 Å². The highest BCUT2D eigenvalue weighted by Gasteiger charge is 2.09. The van der Waals surface area contributed by atoms with Crippen LogP contribution in [0.15, 0.2) is 28.6 Å². The summed E-state index contributed by atoms with van der Waals surface area (Å²) in [7, 11) is 0.